The zero-order chi connectivity index (χ0) is 29.3. The average molecular weight is 547 g/mol. The van der Waals surface area contributed by atoms with Gasteiger partial charge in [-0.05, 0) is 56.1 Å². The van der Waals surface area contributed by atoms with Crippen molar-refractivity contribution in [2.24, 2.45) is 0 Å². The van der Waals surface area contributed by atoms with Gasteiger partial charge in [-0.25, -0.2) is 9.97 Å². The highest BCUT2D eigenvalue weighted by Crippen LogP contribution is 2.29. The van der Waals surface area contributed by atoms with Gasteiger partial charge in [0.05, 0.1) is 12.0 Å². The number of halogens is 3. The van der Waals surface area contributed by atoms with E-state index in [2.05, 4.69) is 20.6 Å². The van der Waals surface area contributed by atoms with E-state index in [4.69, 9.17) is 0 Å². The van der Waals surface area contributed by atoms with Gasteiger partial charge in [-0.1, -0.05) is 12.1 Å². The molecule has 3 aromatic rings. The summed E-state index contributed by atoms with van der Waals surface area (Å²) in [5.74, 6) is 0.0303. The lowest BCUT2D eigenvalue weighted by Gasteiger charge is -2.22. The molecule has 0 fully saturated rings. The Labute approximate surface area is 225 Å². The van der Waals surface area contributed by atoms with Gasteiger partial charge in [-0.2, -0.15) is 13.2 Å². The lowest BCUT2D eigenvalue weighted by Crippen LogP contribution is -2.22. The van der Waals surface area contributed by atoms with E-state index in [1.165, 1.54) is 0 Å². The molecule has 0 saturated heterocycles. The Bertz CT molecular complexity index is 1230. The molecule has 0 bridgehead atoms. The van der Waals surface area contributed by atoms with Crippen LogP contribution < -0.4 is 20.4 Å². The number of nitrogens with one attached hydrogen (secondary N) is 2. The fourth-order valence-electron chi connectivity index (χ4n) is 3.54. The maximum atomic E-state index is 12.7. The first-order valence-corrected chi connectivity index (χ1v) is 11.9. The summed E-state index contributed by atoms with van der Waals surface area (Å²) in [6, 6.07) is 10.9. The van der Waals surface area contributed by atoms with Gasteiger partial charge in [0.15, 0.2) is 0 Å². The third-order valence-corrected chi connectivity index (χ3v) is 5.23. The van der Waals surface area contributed by atoms with Crippen LogP contribution >= 0.6 is 0 Å². The molecule has 3 N–H and O–H groups in total. The molecule has 0 atom stereocenters. The summed E-state index contributed by atoms with van der Waals surface area (Å²) in [6.45, 7) is 0. The molecular formula is C27H33F3N6O3. The fourth-order valence-corrected chi connectivity index (χ4v) is 3.54. The largest absolute Gasteiger partial charge is 0.481 e. The molecule has 1 heterocycles. The van der Waals surface area contributed by atoms with E-state index in [1.54, 1.807) is 62.3 Å². The third-order valence-electron chi connectivity index (χ3n) is 5.23. The zero-order valence-corrected chi connectivity index (χ0v) is 22.7. The Morgan fingerprint density at radius 3 is 1.77 bits per heavy atom. The van der Waals surface area contributed by atoms with Crippen molar-refractivity contribution >= 4 is 29.2 Å². The Morgan fingerprint density at radius 2 is 1.36 bits per heavy atom. The Morgan fingerprint density at radius 1 is 0.872 bits per heavy atom. The van der Waals surface area contributed by atoms with Crippen LogP contribution in [-0.4, -0.2) is 69.2 Å². The van der Waals surface area contributed by atoms with Crippen LogP contribution in [0.3, 0.4) is 0 Å². The number of carboxylic acids is 1. The van der Waals surface area contributed by atoms with Crippen molar-refractivity contribution in [1.82, 2.24) is 15.3 Å². The molecule has 3 rings (SSSR count). The minimum Gasteiger partial charge on any atom is -0.481 e. The second-order valence-corrected chi connectivity index (χ2v) is 9.03. The molecule has 0 unspecified atom stereocenters. The highest BCUT2D eigenvalue weighted by atomic mass is 19.4. The minimum atomic E-state index is -4.47. The van der Waals surface area contributed by atoms with E-state index in [0.29, 0.717) is 35.1 Å². The van der Waals surface area contributed by atoms with Crippen LogP contribution in [-0.2, 0) is 23.8 Å². The van der Waals surface area contributed by atoms with Gasteiger partial charge in [0.1, 0.15) is 17.5 Å². The highest BCUT2D eigenvalue weighted by Gasteiger charge is 2.30. The molecule has 0 aliphatic heterocycles. The van der Waals surface area contributed by atoms with Gasteiger partial charge in [-0.15, -0.1) is 0 Å². The van der Waals surface area contributed by atoms with E-state index in [-0.39, 0.29) is 12.0 Å². The van der Waals surface area contributed by atoms with Gasteiger partial charge >= 0.3 is 12.1 Å². The molecule has 0 spiro atoms. The van der Waals surface area contributed by atoms with Gasteiger partial charge in [0.2, 0.25) is 0 Å². The number of hydrogen-bond donors (Lipinski definition) is 3. The predicted molar refractivity (Wildman–Crippen MR) is 146 cm³/mol. The molecule has 0 aliphatic carbocycles. The summed E-state index contributed by atoms with van der Waals surface area (Å²) in [5, 5.41) is 14.7. The van der Waals surface area contributed by atoms with E-state index in [1.807, 2.05) is 14.1 Å². The number of aliphatic carboxylic acids is 1. The second kappa shape index (κ2) is 13.6. The number of carbonyl (C=O) groups excluding carboxylic acids is 1. The standard InChI is InChI=1S/C25H26F3N5O3.C2H7N/c1-32(2)22-19(14-21(34)35)23(33(3)4)31-20(30-22)13-15-5-11-18(12-6-15)29-24(36)16-7-9-17(10-8-16)25(26,27)28;1-3-2/h5-12H,13-14H2,1-4H3,(H,29,36)(H,34,35);3H,1-2H3. The van der Waals surface area contributed by atoms with E-state index >= 15 is 0 Å². The molecule has 2 aromatic carbocycles. The van der Waals surface area contributed by atoms with E-state index < -0.39 is 23.6 Å². The molecule has 9 nitrogen and oxygen atoms in total. The average Bonchev–Trinajstić information content (AvgIpc) is 2.85. The summed E-state index contributed by atoms with van der Waals surface area (Å²) in [6.07, 6.45) is -4.32. The Hall–Kier alpha value is -4.19. The fraction of sp³-hybridized carbons (Fsp3) is 0.333. The lowest BCUT2D eigenvalue weighted by molar-refractivity contribution is -0.138. The number of carbonyl (C=O) groups is 2. The monoisotopic (exact) mass is 546 g/mol. The van der Waals surface area contributed by atoms with Crippen LogP contribution in [0.25, 0.3) is 0 Å². The van der Waals surface area contributed by atoms with Crippen LogP contribution in [0.15, 0.2) is 48.5 Å². The molecule has 0 radical (unpaired) electrons. The zero-order valence-electron chi connectivity index (χ0n) is 22.7. The van der Waals surface area contributed by atoms with Crippen molar-refractivity contribution in [1.29, 1.82) is 0 Å². The summed E-state index contributed by atoms with van der Waals surface area (Å²) >= 11 is 0. The molecule has 1 aromatic heterocycles. The number of hydrogen-bond acceptors (Lipinski definition) is 7. The molecule has 12 heteroatoms. The summed E-state index contributed by atoms with van der Waals surface area (Å²) < 4.78 is 38.1. The molecule has 1 amide bonds. The number of aromatic nitrogens is 2. The number of nitrogens with zero attached hydrogens (tertiary/aromatic N) is 4. The van der Waals surface area contributed by atoms with E-state index in [9.17, 15) is 27.9 Å². The summed E-state index contributed by atoms with van der Waals surface area (Å²) in [7, 11) is 10.9. The topological polar surface area (TPSA) is 111 Å². The molecule has 0 saturated carbocycles. The van der Waals surface area contributed by atoms with Crippen LogP contribution in [0, 0.1) is 0 Å². The van der Waals surface area contributed by atoms with Crippen LogP contribution in [0.4, 0.5) is 30.5 Å². The first kappa shape index (κ1) is 31.0. The van der Waals surface area contributed by atoms with Gasteiger partial charge in [-0.3, -0.25) is 9.59 Å². The van der Waals surface area contributed by atoms with Crippen LogP contribution in [0.5, 0.6) is 0 Å². The molecule has 210 valence electrons. The third kappa shape index (κ3) is 8.95. The van der Waals surface area contributed by atoms with Crippen molar-refractivity contribution in [3.8, 4) is 0 Å². The quantitative estimate of drug-likeness (QED) is 0.390. The SMILES string of the molecule is CN(C)c1nc(Cc2ccc(NC(=O)c3ccc(C(F)(F)F)cc3)cc2)nc(N(C)C)c1CC(=O)O.CNC. The minimum absolute atomic E-state index is 0.106. The van der Waals surface area contributed by atoms with Crippen molar-refractivity contribution in [3.05, 3.63) is 76.6 Å². The normalized spacial score (nSPS) is 10.8. The molecule has 0 aliphatic rings. The van der Waals surface area contributed by atoms with Crippen molar-refractivity contribution in [2.45, 2.75) is 19.0 Å². The first-order valence-electron chi connectivity index (χ1n) is 11.9. The van der Waals surface area contributed by atoms with Crippen LogP contribution in [0.2, 0.25) is 0 Å². The van der Waals surface area contributed by atoms with Gasteiger partial charge < -0.3 is 25.5 Å². The molecular weight excluding hydrogens is 513 g/mol. The number of rotatable bonds is 8. The van der Waals surface area contributed by atoms with E-state index in [0.717, 1.165) is 29.8 Å². The number of carboxylic acid groups (broad SMARTS) is 1. The Kier molecular flexibility index (Phi) is 10.8. The number of benzene rings is 2. The number of amides is 1. The van der Waals surface area contributed by atoms with Crippen molar-refractivity contribution < 1.29 is 27.9 Å². The summed E-state index contributed by atoms with van der Waals surface area (Å²) in [4.78, 5) is 36.4. The Balaban J connectivity index is 0.00000170. The number of alkyl halides is 3. The number of anilines is 3. The van der Waals surface area contributed by atoms with Crippen molar-refractivity contribution in [2.75, 3.05) is 57.4 Å². The highest BCUT2D eigenvalue weighted by molar-refractivity contribution is 6.04. The smallest absolute Gasteiger partial charge is 0.416 e. The van der Waals surface area contributed by atoms with Gasteiger partial charge in [0, 0.05) is 51.4 Å². The molecule has 39 heavy (non-hydrogen) atoms. The summed E-state index contributed by atoms with van der Waals surface area (Å²) in [5.41, 5.74) is 1.13. The van der Waals surface area contributed by atoms with Crippen LogP contribution in [0.1, 0.15) is 32.9 Å². The maximum Gasteiger partial charge on any atom is 0.416 e. The maximum absolute atomic E-state index is 12.7. The first-order chi connectivity index (χ1) is 18.3. The second-order valence-electron chi connectivity index (χ2n) is 9.03. The van der Waals surface area contributed by atoms with Crippen molar-refractivity contribution in [3.63, 3.8) is 0 Å². The van der Waals surface area contributed by atoms with Gasteiger partial charge in [0.25, 0.3) is 5.91 Å². The lowest BCUT2D eigenvalue weighted by atomic mass is 10.1. The predicted octanol–water partition coefficient (Wildman–Crippen LogP) is 3.93.